The average Bonchev–Trinajstić information content (AvgIpc) is 2.61. The topological polar surface area (TPSA) is 116 Å². The Kier molecular flexibility index (Phi) is 5.03. The first-order valence-electron chi connectivity index (χ1n) is 8.40. The molecule has 1 amide bonds. The standard InChI is InChI=1S/C19H20N2O5S/c1-19(12-14-4-2-3-5-16(14)17(22)26-19)18(23)21-11-10-13-6-8-15(9-7-13)27(20,24)25/h2-9H,10-12H2,1H3,(H,21,23)(H2,20,24,25). The van der Waals surface area contributed by atoms with Crippen molar-refractivity contribution in [1.29, 1.82) is 0 Å². The monoisotopic (exact) mass is 388 g/mol. The number of amides is 1. The number of carbonyl (C=O) groups is 2. The Bertz CT molecular complexity index is 985. The van der Waals surface area contributed by atoms with Crippen LogP contribution in [0.15, 0.2) is 53.4 Å². The van der Waals surface area contributed by atoms with Crippen molar-refractivity contribution in [2.24, 2.45) is 5.14 Å². The Labute approximate surface area is 157 Å². The quantitative estimate of drug-likeness (QED) is 0.746. The van der Waals surface area contributed by atoms with Crippen molar-refractivity contribution >= 4 is 21.9 Å². The molecule has 1 aliphatic rings. The van der Waals surface area contributed by atoms with Crippen molar-refractivity contribution in [3.8, 4) is 0 Å². The maximum atomic E-state index is 12.6. The molecule has 27 heavy (non-hydrogen) atoms. The molecule has 1 aliphatic heterocycles. The molecular formula is C19H20N2O5S. The van der Waals surface area contributed by atoms with Crippen molar-refractivity contribution in [3.05, 3.63) is 65.2 Å². The lowest BCUT2D eigenvalue weighted by Crippen LogP contribution is -2.52. The van der Waals surface area contributed by atoms with E-state index in [1.165, 1.54) is 12.1 Å². The number of sulfonamides is 1. The number of rotatable bonds is 5. The third kappa shape index (κ3) is 4.17. The number of esters is 1. The molecule has 7 nitrogen and oxygen atoms in total. The summed E-state index contributed by atoms with van der Waals surface area (Å²) in [4.78, 5) is 24.8. The molecule has 3 N–H and O–H groups in total. The molecule has 0 saturated heterocycles. The number of primary sulfonamides is 1. The molecule has 3 rings (SSSR count). The number of carbonyl (C=O) groups excluding carboxylic acids is 2. The van der Waals surface area contributed by atoms with E-state index in [1.807, 2.05) is 12.1 Å². The maximum absolute atomic E-state index is 12.6. The molecule has 1 heterocycles. The average molecular weight is 388 g/mol. The van der Waals surface area contributed by atoms with E-state index in [1.54, 1.807) is 31.2 Å². The minimum absolute atomic E-state index is 0.0376. The SMILES string of the molecule is CC1(C(=O)NCCc2ccc(S(N)(=O)=O)cc2)Cc2ccccc2C(=O)O1. The lowest BCUT2D eigenvalue weighted by molar-refractivity contribution is -0.139. The van der Waals surface area contributed by atoms with Crippen LogP contribution in [0, 0.1) is 0 Å². The fourth-order valence-electron chi connectivity index (χ4n) is 3.01. The second-order valence-corrected chi connectivity index (χ2v) is 8.21. The van der Waals surface area contributed by atoms with E-state index in [9.17, 15) is 18.0 Å². The highest BCUT2D eigenvalue weighted by Crippen LogP contribution is 2.28. The van der Waals surface area contributed by atoms with Gasteiger partial charge in [-0.15, -0.1) is 0 Å². The molecule has 0 radical (unpaired) electrons. The Balaban J connectivity index is 1.60. The largest absolute Gasteiger partial charge is 0.445 e. The van der Waals surface area contributed by atoms with Crippen LogP contribution in [0.3, 0.4) is 0 Å². The Morgan fingerprint density at radius 3 is 2.52 bits per heavy atom. The summed E-state index contributed by atoms with van der Waals surface area (Å²) in [6.07, 6.45) is 0.807. The first kappa shape index (κ1) is 19.1. The lowest BCUT2D eigenvalue weighted by Gasteiger charge is -2.33. The van der Waals surface area contributed by atoms with Crippen LogP contribution >= 0.6 is 0 Å². The summed E-state index contributed by atoms with van der Waals surface area (Å²) in [6, 6.07) is 13.2. The molecule has 0 spiro atoms. The molecular weight excluding hydrogens is 368 g/mol. The van der Waals surface area contributed by atoms with Crippen molar-refractivity contribution < 1.29 is 22.7 Å². The van der Waals surface area contributed by atoms with E-state index in [0.29, 0.717) is 24.9 Å². The number of hydrogen-bond acceptors (Lipinski definition) is 5. The molecule has 1 unspecified atom stereocenters. The molecule has 0 aliphatic carbocycles. The van der Waals surface area contributed by atoms with Crippen LogP contribution in [0.1, 0.15) is 28.4 Å². The van der Waals surface area contributed by atoms with Crippen LogP contribution in [-0.2, 0) is 32.4 Å². The second-order valence-electron chi connectivity index (χ2n) is 6.65. The van der Waals surface area contributed by atoms with Crippen molar-refractivity contribution in [2.75, 3.05) is 6.54 Å². The predicted molar refractivity (Wildman–Crippen MR) is 98.5 cm³/mol. The first-order chi connectivity index (χ1) is 12.7. The summed E-state index contributed by atoms with van der Waals surface area (Å²) in [6.45, 7) is 1.92. The molecule has 1 atom stereocenters. The summed E-state index contributed by atoms with van der Waals surface area (Å²) in [5.41, 5.74) is 0.852. The highest BCUT2D eigenvalue weighted by molar-refractivity contribution is 7.89. The zero-order valence-corrected chi connectivity index (χ0v) is 15.6. The number of fused-ring (bicyclic) bond motifs is 1. The fraction of sp³-hybridized carbons (Fsp3) is 0.263. The van der Waals surface area contributed by atoms with E-state index in [-0.39, 0.29) is 10.8 Å². The van der Waals surface area contributed by atoms with E-state index < -0.39 is 21.6 Å². The molecule has 142 valence electrons. The minimum Gasteiger partial charge on any atom is -0.445 e. The minimum atomic E-state index is -3.72. The smallest absolute Gasteiger partial charge is 0.339 e. The molecule has 0 bridgehead atoms. The van der Waals surface area contributed by atoms with Crippen LogP contribution in [0.2, 0.25) is 0 Å². The summed E-state index contributed by atoms with van der Waals surface area (Å²) < 4.78 is 27.9. The molecule has 0 fully saturated rings. The zero-order chi connectivity index (χ0) is 19.7. The van der Waals surface area contributed by atoms with Crippen LogP contribution in [-0.4, -0.2) is 32.4 Å². The normalized spacial score (nSPS) is 19.1. The number of nitrogens with one attached hydrogen (secondary N) is 1. The maximum Gasteiger partial charge on any atom is 0.339 e. The number of ether oxygens (including phenoxy) is 1. The lowest BCUT2D eigenvalue weighted by atomic mass is 9.89. The number of benzene rings is 2. The molecule has 2 aromatic rings. The third-order valence-corrected chi connectivity index (χ3v) is 5.44. The van der Waals surface area contributed by atoms with E-state index in [4.69, 9.17) is 9.88 Å². The van der Waals surface area contributed by atoms with Gasteiger partial charge in [0.05, 0.1) is 10.5 Å². The summed E-state index contributed by atoms with van der Waals surface area (Å²) >= 11 is 0. The number of cyclic esters (lactones) is 1. The van der Waals surface area contributed by atoms with E-state index >= 15 is 0 Å². The van der Waals surface area contributed by atoms with Crippen LogP contribution in [0.5, 0.6) is 0 Å². The fourth-order valence-corrected chi connectivity index (χ4v) is 3.53. The predicted octanol–water partition coefficient (Wildman–Crippen LogP) is 1.16. The van der Waals surface area contributed by atoms with Gasteiger partial charge < -0.3 is 10.1 Å². The molecule has 0 saturated carbocycles. The summed E-state index contributed by atoms with van der Waals surface area (Å²) in [5, 5.41) is 7.84. The van der Waals surface area contributed by atoms with Crippen LogP contribution < -0.4 is 10.5 Å². The van der Waals surface area contributed by atoms with Crippen molar-refractivity contribution in [1.82, 2.24) is 5.32 Å². The van der Waals surface area contributed by atoms with E-state index in [2.05, 4.69) is 5.32 Å². The molecule has 0 aromatic heterocycles. The molecule has 2 aromatic carbocycles. The van der Waals surface area contributed by atoms with Gasteiger partial charge >= 0.3 is 5.97 Å². The van der Waals surface area contributed by atoms with Crippen LogP contribution in [0.25, 0.3) is 0 Å². The third-order valence-electron chi connectivity index (χ3n) is 4.51. The van der Waals surface area contributed by atoms with Gasteiger partial charge in [-0.3, -0.25) is 4.79 Å². The number of nitrogens with two attached hydrogens (primary N) is 1. The van der Waals surface area contributed by atoms with Gasteiger partial charge in [0, 0.05) is 13.0 Å². The highest BCUT2D eigenvalue weighted by Gasteiger charge is 2.42. The Morgan fingerprint density at radius 1 is 1.19 bits per heavy atom. The zero-order valence-electron chi connectivity index (χ0n) is 14.8. The van der Waals surface area contributed by atoms with Gasteiger partial charge in [0.2, 0.25) is 10.0 Å². The van der Waals surface area contributed by atoms with Crippen LogP contribution in [0.4, 0.5) is 0 Å². The summed E-state index contributed by atoms with van der Waals surface area (Å²) in [7, 11) is -3.72. The summed E-state index contributed by atoms with van der Waals surface area (Å²) in [5.74, 6) is -0.875. The van der Waals surface area contributed by atoms with Crippen molar-refractivity contribution in [3.63, 3.8) is 0 Å². The molecule has 8 heteroatoms. The first-order valence-corrected chi connectivity index (χ1v) is 9.95. The van der Waals surface area contributed by atoms with Crippen molar-refractivity contribution in [2.45, 2.75) is 30.3 Å². The Morgan fingerprint density at radius 2 is 1.85 bits per heavy atom. The Hall–Kier alpha value is -2.71. The highest BCUT2D eigenvalue weighted by atomic mass is 32.2. The second kappa shape index (κ2) is 7.13. The van der Waals surface area contributed by atoms with Gasteiger partial charge in [-0.2, -0.15) is 0 Å². The number of hydrogen-bond donors (Lipinski definition) is 2. The van der Waals surface area contributed by atoms with Gasteiger partial charge in [-0.25, -0.2) is 18.4 Å². The van der Waals surface area contributed by atoms with Gasteiger partial charge in [-0.05, 0) is 42.7 Å². The van der Waals surface area contributed by atoms with Gasteiger partial charge in [0.15, 0.2) is 5.60 Å². The van der Waals surface area contributed by atoms with E-state index in [0.717, 1.165) is 11.1 Å². The van der Waals surface area contributed by atoms with Gasteiger partial charge in [0.1, 0.15) is 0 Å². The van der Waals surface area contributed by atoms with Gasteiger partial charge in [-0.1, -0.05) is 30.3 Å². The van der Waals surface area contributed by atoms with Gasteiger partial charge in [0.25, 0.3) is 5.91 Å².